The third-order valence-corrected chi connectivity index (χ3v) is 4.29. The van der Waals surface area contributed by atoms with Gasteiger partial charge in [0.05, 0.1) is 13.2 Å². The Morgan fingerprint density at radius 1 is 0.682 bits per heavy atom. The van der Waals surface area contributed by atoms with Crippen molar-refractivity contribution in [1.29, 1.82) is 0 Å². The van der Waals surface area contributed by atoms with Crippen molar-refractivity contribution in [2.45, 2.75) is 65.2 Å². The molecule has 0 aliphatic rings. The normalized spacial score (nSPS) is 11.4. The fourth-order valence-corrected chi connectivity index (χ4v) is 2.68. The summed E-state index contributed by atoms with van der Waals surface area (Å²) in [5.74, 6) is 0. The summed E-state index contributed by atoms with van der Waals surface area (Å²) in [6.45, 7) is 8.82. The molecule has 5 nitrogen and oxygen atoms in total. The average Bonchev–Trinajstić information content (AvgIpc) is 2.52. The van der Waals surface area contributed by atoms with Crippen LogP contribution in [-0.2, 0) is 13.6 Å². The van der Waals surface area contributed by atoms with E-state index in [-0.39, 0.29) is 0 Å². The average molecular weight is 336 g/mol. The van der Waals surface area contributed by atoms with E-state index in [1.165, 1.54) is 51.4 Å². The van der Waals surface area contributed by atoms with Crippen LogP contribution in [-0.4, -0.2) is 39.4 Å². The summed E-state index contributed by atoms with van der Waals surface area (Å²) in [6.07, 6.45) is 10.1. The number of hydrogen-bond acceptors (Lipinski definition) is 5. The maximum Gasteiger partial charge on any atom is 0.319 e. The van der Waals surface area contributed by atoms with Gasteiger partial charge in [0.15, 0.2) is 0 Å². The van der Waals surface area contributed by atoms with Crippen molar-refractivity contribution in [2.75, 3.05) is 39.4 Å². The number of unbranched alkanes of at least 4 members (excludes halogenated alkanes) is 6. The molecule has 0 unspecified atom stereocenters. The third kappa shape index (κ3) is 18.1. The van der Waals surface area contributed by atoms with Gasteiger partial charge in [-0.05, 0) is 25.9 Å². The van der Waals surface area contributed by atoms with Crippen molar-refractivity contribution < 1.29 is 13.6 Å². The van der Waals surface area contributed by atoms with Gasteiger partial charge in [0.1, 0.15) is 0 Å². The maximum atomic E-state index is 11.5. The van der Waals surface area contributed by atoms with Gasteiger partial charge in [-0.3, -0.25) is 4.57 Å². The van der Waals surface area contributed by atoms with Gasteiger partial charge in [0.25, 0.3) is 0 Å². The largest absolute Gasteiger partial charge is 0.319 e. The van der Waals surface area contributed by atoms with Gasteiger partial charge in [-0.1, -0.05) is 52.4 Å². The standard InChI is InChI=1S/C16H37N2O3P/c1-3-5-7-9-11-17-13-15-20-22(19)21-16-14-18-12-10-8-6-4-2/h17-18,22H,3-16H2,1-2H3. The van der Waals surface area contributed by atoms with Crippen molar-refractivity contribution in [3.8, 4) is 0 Å². The van der Waals surface area contributed by atoms with Crippen LogP contribution in [0.25, 0.3) is 0 Å². The lowest BCUT2D eigenvalue weighted by Gasteiger charge is -2.08. The molecule has 0 heterocycles. The van der Waals surface area contributed by atoms with Gasteiger partial charge in [-0.2, -0.15) is 0 Å². The molecule has 0 aliphatic carbocycles. The molecule has 0 aromatic rings. The Labute approximate surface area is 137 Å². The van der Waals surface area contributed by atoms with E-state index in [9.17, 15) is 4.57 Å². The number of rotatable bonds is 18. The lowest BCUT2D eigenvalue weighted by atomic mass is 10.2. The fraction of sp³-hybridized carbons (Fsp3) is 1.00. The summed E-state index contributed by atoms with van der Waals surface area (Å²) in [5.41, 5.74) is 0. The molecule has 22 heavy (non-hydrogen) atoms. The molecule has 0 amide bonds. The zero-order valence-corrected chi connectivity index (χ0v) is 15.6. The molecule has 0 radical (unpaired) electrons. The van der Waals surface area contributed by atoms with Crippen LogP contribution in [0.15, 0.2) is 0 Å². The minimum Gasteiger partial charge on any atom is -0.314 e. The van der Waals surface area contributed by atoms with E-state index in [0.717, 1.165) is 26.2 Å². The molecular weight excluding hydrogens is 299 g/mol. The van der Waals surface area contributed by atoms with Crippen LogP contribution in [0.1, 0.15) is 65.2 Å². The predicted octanol–water partition coefficient (Wildman–Crippen LogP) is 3.75. The second-order valence-corrected chi connectivity index (χ2v) is 6.65. The van der Waals surface area contributed by atoms with E-state index in [1.807, 2.05) is 0 Å². The topological polar surface area (TPSA) is 59.6 Å². The summed E-state index contributed by atoms with van der Waals surface area (Å²) >= 11 is 0. The van der Waals surface area contributed by atoms with Crippen molar-refractivity contribution in [2.24, 2.45) is 0 Å². The first kappa shape index (κ1) is 22.1. The Morgan fingerprint density at radius 2 is 1.14 bits per heavy atom. The molecule has 0 fully saturated rings. The third-order valence-electron chi connectivity index (χ3n) is 3.41. The first-order valence-electron chi connectivity index (χ1n) is 9.02. The molecule has 0 bridgehead atoms. The van der Waals surface area contributed by atoms with E-state index < -0.39 is 8.25 Å². The van der Waals surface area contributed by atoms with Crippen molar-refractivity contribution in [1.82, 2.24) is 10.6 Å². The van der Waals surface area contributed by atoms with Gasteiger partial charge in [0.2, 0.25) is 0 Å². The Balaban J connectivity index is 3.13. The van der Waals surface area contributed by atoms with Crippen LogP contribution < -0.4 is 10.6 Å². The Kier molecular flexibility index (Phi) is 19.2. The fourth-order valence-electron chi connectivity index (χ4n) is 2.06. The van der Waals surface area contributed by atoms with Crippen LogP contribution in [0.2, 0.25) is 0 Å². The van der Waals surface area contributed by atoms with Crippen molar-refractivity contribution in [3.05, 3.63) is 0 Å². The van der Waals surface area contributed by atoms with Gasteiger partial charge in [0, 0.05) is 13.1 Å². The zero-order valence-electron chi connectivity index (χ0n) is 14.6. The van der Waals surface area contributed by atoms with Crippen molar-refractivity contribution >= 4 is 8.25 Å². The number of nitrogens with one attached hydrogen (secondary N) is 2. The lowest BCUT2D eigenvalue weighted by molar-refractivity contribution is 0.225. The van der Waals surface area contributed by atoms with Gasteiger partial charge < -0.3 is 19.7 Å². The first-order valence-corrected chi connectivity index (χ1v) is 10.2. The Bertz CT molecular complexity index is 221. The van der Waals surface area contributed by atoms with Crippen LogP contribution in [0.5, 0.6) is 0 Å². The molecule has 0 atom stereocenters. The molecule has 2 N–H and O–H groups in total. The number of hydrogen-bond donors (Lipinski definition) is 2. The predicted molar refractivity (Wildman–Crippen MR) is 94.9 cm³/mol. The summed E-state index contributed by atoms with van der Waals surface area (Å²) in [4.78, 5) is 0. The zero-order chi connectivity index (χ0) is 16.3. The molecule has 0 rings (SSSR count). The van der Waals surface area contributed by atoms with E-state index in [1.54, 1.807) is 0 Å². The minimum absolute atomic E-state index is 0.454. The summed E-state index contributed by atoms with van der Waals surface area (Å²) in [7, 11) is -2.32. The molecule has 134 valence electrons. The highest BCUT2D eigenvalue weighted by Gasteiger charge is 1.99. The van der Waals surface area contributed by atoms with E-state index in [4.69, 9.17) is 9.05 Å². The second kappa shape index (κ2) is 19.1. The minimum atomic E-state index is -2.32. The monoisotopic (exact) mass is 336 g/mol. The maximum absolute atomic E-state index is 11.5. The molecule has 0 aliphatic heterocycles. The summed E-state index contributed by atoms with van der Waals surface area (Å²) < 4.78 is 21.8. The van der Waals surface area contributed by atoms with E-state index in [2.05, 4.69) is 24.5 Å². The molecular formula is C16H37N2O3P. The van der Waals surface area contributed by atoms with Crippen LogP contribution in [0, 0.1) is 0 Å². The highest BCUT2D eigenvalue weighted by atomic mass is 31.1. The first-order chi connectivity index (χ1) is 10.8. The molecule has 0 saturated heterocycles. The Hall–Kier alpha value is 0.0700. The van der Waals surface area contributed by atoms with Crippen LogP contribution >= 0.6 is 8.25 Å². The Morgan fingerprint density at radius 3 is 1.55 bits per heavy atom. The van der Waals surface area contributed by atoms with Crippen LogP contribution in [0.4, 0.5) is 0 Å². The van der Waals surface area contributed by atoms with E-state index in [0.29, 0.717) is 13.2 Å². The second-order valence-electron chi connectivity index (χ2n) is 5.57. The molecule has 6 heteroatoms. The summed E-state index contributed by atoms with van der Waals surface area (Å²) in [5, 5.41) is 6.57. The quantitative estimate of drug-likeness (QED) is 0.295. The van der Waals surface area contributed by atoms with E-state index >= 15 is 0 Å². The highest BCUT2D eigenvalue weighted by Crippen LogP contribution is 2.22. The lowest BCUT2D eigenvalue weighted by Crippen LogP contribution is -2.21. The van der Waals surface area contributed by atoms with Gasteiger partial charge in [-0.15, -0.1) is 0 Å². The molecule has 0 spiro atoms. The SMILES string of the molecule is CCCCCCNCCO[PH](=O)OCCNCCCCCC. The molecule has 0 saturated carbocycles. The van der Waals surface area contributed by atoms with Gasteiger partial charge >= 0.3 is 8.25 Å². The molecule has 0 aromatic heterocycles. The smallest absolute Gasteiger partial charge is 0.314 e. The van der Waals surface area contributed by atoms with Crippen LogP contribution in [0.3, 0.4) is 0 Å². The highest BCUT2D eigenvalue weighted by molar-refractivity contribution is 7.33. The van der Waals surface area contributed by atoms with Gasteiger partial charge in [-0.25, -0.2) is 0 Å². The summed E-state index contributed by atoms with van der Waals surface area (Å²) in [6, 6.07) is 0. The molecule has 0 aromatic carbocycles. The van der Waals surface area contributed by atoms with Crippen molar-refractivity contribution in [3.63, 3.8) is 0 Å².